The number of aliphatic carboxylic acids is 1. The Morgan fingerprint density at radius 2 is 2.06 bits per heavy atom. The SMILES string of the molecule is CC(C)NC(=O)CN1C(=O)SC(CC(=O)O)C1=O. The van der Waals surface area contributed by atoms with E-state index in [0.717, 1.165) is 4.90 Å². The van der Waals surface area contributed by atoms with Crippen LogP contribution in [0.3, 0.4) is 0 Å². The summed E-state index contributed by atoms with van der Waals surface area (Å²) >= 11 is 0.648. The van der Waals surface area contributed by atoms with Gasteiger partial charge in [0.25, 0.3) is 5.24 Å². The number of nitrogens with one attached hydrogen (secondary N) is 1. The maximum absolute atomic E-state index is 11.7. The van der Waals surface area contributed by atoms with Crippen LogP contribution >= 0.6 is 11.8 Å². The highest BCUT2D eigenvalue weighted by molar-refractivity contribution is 8.15. The van der Waals surface area contributed by atoms with E-state index in [2.05, 4.69) is 5.32 Å². The number of imide groups is 1. The summed E-state index contributed by atoms with van der Waals surface area (Å²) in [4.78, 5) is 45.9. The van der Waals surface area contributed by atoms with Gasteiger partial charge in [0.05, 0.1) is 6.42 Å². The van der Waals surface area contributed by atoms with E-state index in [1.807, 2.05) is 0 Å². The maximum atomic E-state index is 11.7. The number of thioether (sulfide) groups is 1. The van der Waals surface area contributed by atoms with Crippen molar-refractivity contribution in [2.75, 3.05) is 6.54 Å². The molecule has 0 spiro atoms. The van der Waals surface area contributed by atoms with Gasteiger partial charge >= 0.3 is 5.97 Å². The van der Waals surface area contributed by atoms with Gasteiger partial charge in [-0.3, -0.25) is 24.1 Å². The lowest BCUT2D eigenvalue weighted by atomic mass is 10.2. The molecule has 1 aliphatic heterocycles. The van der Waals surface area contributed by atoms with Gasteiger partial charge in [-0.25, -0.2) is 0 Å². The molecule has 0 aromatic rings. The quantitative estimate of drug-likeness (QED) is 0.734. The number of carbonyl (C=O) groups excluding carboxylic acids is 3. The van der Waals surface area contributed by atoms with E-state index < -0.39 is 34.7 Å². The van der Waals surface area contributed by atoms with E-state index >= 15 is 0 Å². The number of nitrogens with zero attached hydrogens (tertiary/aromatic N) is 1. The minimum absolute atomic E-state index is 0.0900. The van der Waals surface area contributed by atoms with Gasteiger partial charge in [-0.15, -0.1) is 0 Å². The second kappa shape index (κ2) is 5.85. The molecule has 1 saturated heterocycles. The number of carboxylic acid groups (broad SMARTS) is 1. The van der Waals surface area contributed by atoms with E-state index in [0.29, 0.717) is 11.8 Å². The highest BCUT2D eigenvalue weighted by atomic mass is 32.2. The lowest BCUT2D eigenvalue weighted by Crippen LogP contribution is -2.43. The maximum Gasteiger partial charge on any atom is 0.305 e. The van der Waals surface area contributed by atoms with Crippen LogP contribution in [0.5, 0.6) is 0 Å². The molecule has 0 bridgehead atoms. The van der Waals surface area contributed by atoms with Crippen LogP contribution in [0.4, 0.5) is 4.79 Å². The second-order valence-corrected chi connectivity index (χ2v) is 5.27. The fraction of sp³-hybridized carbons (Fsp3) is 0.600. The predicted octanol–water partition coefficient (Wildman–Crippen LogP) is 0.0497. The molecule has 0 aromatic carbocycles. The van der Waals surface area contributed by atoms with Gasteiger partial charge in [0.15, 0.2) is 0 Å². The Balaban J connectivity index is 2.62. The van der Waals surface area contributed by atoms with E-state index in [1.165, 1.54) is 0 Å². The summed E-state index contributed by atoms with van der Waals surface area (Å²) in [7, 11) is 0. The number of hydrogen-bond acceptors (Lipinski definition) is 5. The third kappa shape index (κ3) is 3.73. The first-order valence-corrected chi connectivity index (χ1v) is 6.22. The van der Waals surface area contributed by atoms with Gasteiger partial charge in [0.1, 0.15) is 11.8 Å². The molecule has 1 atom stereocenters. The molecule has 0 aliphatic carbocycles. The summed E-state index contributed by atoms with van der Waals surface area (Å²) in [6, 6.07) is -0.0900. The van der Waals surface area contributed by atoms with Crippen LogP contribution in [0.25, 0.3) is 0 Å². The first-order valence-electron chi connectivity index (χ1n) is 5.34. The van der Waals surface area contributed by atoms with Crippen molar-refractivity contribution in [3.63, 3.8) is 0 Å². The van der Waals surface area contributed by atoms with Gasteiger partial charge in [0, 0.05) is 6.04 Å². The molecular weight excluding hydrogens is 260 g/mol. The number of carboxylic acids is 1. The van der Waals surface area contributed by atoms with Crippen molar-refractivity contribution >= 4 is 34.8 Å². The van der Waals surface area contributed by atoms with Gasteiger partial charge in [-0.1, -0.05) is 11.8 Å². The topological polar surface area (TPSA) is 104 Å². The van der Waals surface area contributed by atoms with Crippen molar-refractivity contribution in [1.29, 1.82) is 0 Å². The van der Waals surface area contributed by atoms with Gasteiger partial charge in [-0.05, 0) is 13.8 Å². The van der Waals surface area contributed by atoms with Crippen LogP contribution in [0.2, 0.25) is 0 Å². The Morgan fingerprint density at radius 1 is 1.44 bits per heavy atom. The lowest BCUT2D eigenvalue weighted by molar-refractivity contribution is -0.139. The average Bonchev–Trinajstić information content (AvgIpc) is 2.44. The van der Waals surface area contributed by atoms with Gasteiger partial charge in [0.2, 0.25) is 11.8 Å². The lowest BCUT2D eigenvalue weighted by Gasteiger charge is -2.14. The molecule has 1 heterocycles. The molecule has 18 heavy (non-hydrogen) atoms. The van der Waals surface area contributed by atoms with Crippen molar-refractivity contribution in [3.8, 4) is 0 Å². The Kier molecular flexibility index (Phi) is 4.71. The fourth-order valence-corrected chi connectivity index (χ4v) is 2.42. The third-order valence-electron chi connectivity index (χ3n) is 2.12. The van der Waals surface area contributed by atoms with Crippen LogP contribution in [-0.2, 0) is 14.4 Å². The van der Waals surface area contributed by atoms with E-state index in [-0.39, 0.29) is 12.6 Å². The van der Waals surface area contributed by atoms with Crippen LogP contribution in [0, 0.1) is 0 Å². The smallest absolute Gasteiger partial charge is 0.305 e. The molecule has 1 rings (SSSR count). The van der Waals surface area contributed by atoms with E-state index in [4.69, 9.17) is 5.11 Å². The molecule has 7 nitrogen and oxygen atoms in total. The summed E-state index contributed by atoms with van der Waals surface area (Å²) in [5, 5.41) is 9.64. The van der Waals surface area contributed by atoms with Gasteiger partial charge in [-0.2, -0.15) is 0 Å². The van der Waals surface area contributed by atoms with E-state index in [9.17, 15) is 19.2 Å². The summed E-state index contributed by atoms with van der Waals surface area (Å²) < 4.78 is 0. The highest BCUT2D eigenvalue weighted by Crippen LogP contribution is 2.28. The monoisotopic (exact) mass is 274 g/mol. The second-order valence-electron chi connectivity index (χ2n) is 4.12. The van der Waals surface area contributed by atoms with Crippen molar-refractivity contribution in [2.45, 2.75) is 31.6 Å². The Bertz CT molecular complexity index is 396. The molecule has 0 radical (unpaired) electrons. The molecule has 100 valence electrons. The number of amides is 3. The minimum Gasteiger partial charge on any atom is -0.481 e. The minimum atomic E-state index is -1.15. The first-order chi connectivity index (χ1) is 8.31. The molecule has 1 unspecified atom stereocenters. The normalized spacial score (nSPS) is 19.5. The zero-order valence-corrected chi connectivity index (χ0v) is 10.8. The van der Waals surface area contributed by atoms with Crippen LogP contribution in [0.1, 0.15) is 20.3 Å². The highest BCUT2D eigenvalue weighted by Gasteiger charge is 2.41. The van der Waals surface area contributed by atoms with Crippen LogP contribution in [0.15, 0.2) is 0 Å². The summed E-state index contributed by atoms with van der Waals surface area (Å²) in [6.07, 6.45) is -0.419. The largest absolute Gasteiger partial charge is 0.481 e. The summed E-state index contributed by atoms with van der Waals surface area (Å²) in [5.41, 5.74) is 0. The third-order valence-corrected chi connectivity index (χ3v) is 3.19. The van der Waals surface area contributed by atoms with E-state index in [1.54, 1.807) is 13.8 Å². The van der Waals surface area contributed by atoms with Crippen molar-refractivity contribution < 1.29 is 24.3 Å². The summed E-state index contributed by atoms with van der Waals surface area (Å²) in [5.74, 6) is -2.21. The Hall–Kier alpha value is -1.57. The first kappa shape index (κ1) is 14.5. The van der Waals surface area contributed by atoms with Crippen molar-refractivity contribution in [2.24, 2.45) is 0 Å². The molecule has 0 saturated carbocycles. The molecule has 0 aromatic heterocycles. The number of hydrogen-bond donors (Lipinski definition) is 2. The molecule has 1 aliphatic rings. The average molecular weight is 274 g/mol. The predicted molar refractivity (Wildman–Crippen MR) is 64.0 cm³/mol. The molecule has 8 heteroatoms. The zero-order valence-electron chi connectivity index (χ0n) is 10.0. The Morgan fingerprint density at radius 3 is 2.56 bits per heavy atom. The number of carbonyl (C=O) groups is 4. The molecule has 3 amide bonds. The summed E-state index contributed by atoms with van der Waals surface area (Å²) in [6.45, 7) is 3.15. The van der Waals surface area contributed by atoms with Crippen LogP contribution < -0.4 is 5.32 Å². The standard InChI is InChI=1S/C10H14N2O5S/c1-5(2)11-7(13)4-12-9(16)6(3-8(14)15)18-10(12)17/h5-6H,3-4H2,1-2H3,(H,11,13)(H,14,15). The van der Waals surface area contributed by atoms with Crippen molar-refractivity contribution in [1.82, 2.24) is 10.2 Å². The molecular formula is C10H14N2O5S. The Labute approximate surface area is 108 Å². The van der Waals surface area contributed by atoms with Crippen molar-refractivity contribution in [3.05, 3.63) is 0 Å². The van der Waals surface area contributed by atoms with Crippen LogP contribution in [-0.4, -0.2) is 50.9 Å². The zero-order chi connectivity index (χ0) is 13.9. The number of rotatable bonds is 5. The molecule has 1 fully saturated rings. The van der Waals surface area contributed by atoms with Gasteiger partial charge < -0.3 is 10.4 Å². The molecule has 2 N–H and O–H groups in total. The fourth-order valence-electron chi connectivity index (χ4n) is 1.44.